The summed E-state index contributed by atoms with van der Waals surface area (Å²) < 4.78 is 5.07. The molecule has 0 fully saturated rings. The van der Waals surface area contributed by atoms with E-state index in [2.05, 4.69) is 26.1 Å². The van der Waals surface area contributed by atoms with Crippen LogP contribution in [0.15, 0.2) is 48.8 Å². The van der Waals surface area contributed by atoms with Crippen LogP contribution in [0.5, 0.6) is 5.75 Å². The number of ether oxygens (including phenoxy) is 1. The minimum Gasteiger partial charge on any atom is -0.497 e. The second-order valence-corrected chi connectivity index (χ2v) is 6.29. The number of nitrogen functional groups attached to an aromatic ring is 1. The second kappa shape index (κ2) is 8.45. The molecular weight excluding hydrogens is 380 g/mol. The molecule has 0 radical (unpaired) electrons. The normalized spacial score (nSPS) is 10.2. The molecule has 0 saturated heterocycles. The Bertz CT molecular complexity index is 994. The number of halogens is 1. The molecule has 0 aliphatic carbocycles. The summed E-state index contributed by atoms with van der Waals surface area (Å²) in [6.45, 7) is 1.92. The molecule has 0 aliphatic rings. The van der Waals surface area contributed by atoms with Gasteiger partial charge in [-0.25, -0.2) is 9.97 Å². The molecule has 1 heterocycles. The van der Waals surface area contributed by atoms with E-state index >= 15 is 0 Å². The number of nitrogens with one attached hydrogen (secondary N) is 3. The zero-order valence-corrected chi connectivity index (χ0v) is 16.0. The zero-order valence-electron chi connectivity index (χ0n) is 15.3. The van der Waals surface area contributed by atoms with Gasteiger partial charge in [-0.05, 0) is 48.9 Å². The number of nitrogens with two attached hydrogens (primary N) is 1. The van der Waals surface area contributed by atoms with E-state index in [4.69, 9.17) is 22.1 Å². The lowest BCUT2D eigenvalue weighted by Crippen LogP contribution is -2.30. The Morgan fingerprint density at radius 2 is 1.82 bits per heavy atom. The first-order valence-corrected chi connectivity index (χ1v) is 8.70. The number of nitrogens with zero attached hydrogens (tertiary/aromatic N) is 2. The van der Waals surface area contributed by atoms with Crippen LogP contribution in [0.3, 0.4) is 0 Å². The molecule has 0 saturated carbocycles. The average Bonchev–Trinajstić information content (AvgIpc) is 2.71. The summed E-state index contributed by atoms with van der Waals surface area (Å²) in [6, 6.07) is 12.2. The van der Waals surface area contributed by atoms with Crippen LogP contribution in [-0.4, -0.2) is 23.0 Å². The predicted molar refractivity (Wildman–Crippen MR) is 110 cm³/mol. The molecular formula is C19H19ClN6O2. The van der Waals surface area contributed by atoms with E-state index in [0.717, 1.165) is 11.3 Å². The van der Waals surface area contributed by atoms with Gasteiger partial charge in [0.2, 0.25) is 0 Å². The minimum atomic E-state index is -0.347. The summed E-state index contributed by atoms with van der Waals surface area (Å²) in [5.74, 6) is 0.964. The van der Waals surface area contributed by atoms with Crippen LogP contribution in [0.25, 0.3) is 0 Å². The molecule has 144 valence electrons. The molecule has 0 spiro atoms. The van der Waals surface area contributed by atoms with Gasteiger partial charge in [-0.1, -0.05) is 17.7 Å². The van der Waals surface area contributed by atoms with Crippen LogP contribution in [0.1, 0.15) is 15.9 Å². The molecule has 3 rings (SSSR count). The van der Waals surface area contributed by atoms with Gasteiger partial charge in [-0.3, -0.25) is 15.6 Å². The summed E-state index contributed by atoms with van der Waals surface area (Å²) in [4.78, 5) is 20.4. The fraction of sp³-hybridized carbons (Fsp3) is 0.105. The van der Waals surface area contributed by atoms with E-state index in [0.29, 0.717) is 22.2 Å². The number of carbonyl (C=O) groups is 1. The van der Waals surface area contributed by atoms with Crippen molar-refractivity contribution < 1.29 is 9.53 Å². The van der Waals surface area contributed by atoms with Gasteiger partial charge in [-0.2, -0.15) is 0 Å². The van der Waals surface area contributed by atoms with Crippen molar-refractivity contribution in [3.05, 3.63) is 64.9 Å². The SMILES string of the molecule is COc1ccc(C(=O)NNc2ncnc(Nc3ccc(C)c(Cl)c3)c2N)cc1. The lowest BCUT2D eigenvalue weighted by atomic mass is 10.2. The van der Waals surface area contributed by atoms with Gasteiger partial charge in [0.1, 0.15) is 17.8 Å². The fourth-order valence-corrected chi connectivity index (χ4v) is 2.51. The van der Waals surface area contributed by atoms with Gasteiger partial charge in [0, 0.05) is 16.3 Å². The van der Waals surface area contributed by atoms with E-state index in [1.54, 1.807) is 37.4 Å². The molecule has 0 unspecified atom stereocenters. The average molecular weight is 399 g/mol. The number of hydrazine groups is 1. The maximum Gasteiger partial charge on any atom is 0.269 e. The molecule has 1 amide bonds. The Morgan fingerprint density at radius 3 is 2.50 bits per heavy atom. The van der Waals surface area contributed by atoms with Gasteiger partial charge in [0.05, 0.1) is 7.11 Å². The number of methoxy groups -OCH3 is 1. The highest BCUT2D eigenvalue weighted by molar-refractivity contribution is 6.31. The first-order valence-electron chi connectivity index (χ1n) is 8.32. The topological polar surface area (TPSA) is 114 Å². The smallest absolute Gasteiger partial charge is 0.269 e. The lowest BCUT2D eigenvalue weighted by Gasteiger charge is -2.13. The molecule has 28 heavy (non-hydrogen) atoms. The third kappa shape index (κ3) is 4.41. The maximum atomic E-state index is 12.2. The van der Waals surface area contributed by atoms with Crippen molar-refractivity contribution in [2.24, 2.45) is 0 Å². The van der Waals surface area contributed by atoms with Crippen LogP contribution in [0.2, 0.25) is 5.02 Å². The fourth-order valence-electron chi connectivity index (χ4n) is 2.33. The van der Waals surface area contributed by atoms with Gasteiger partial charge in [0.25, 0.3) is 5.91 Å². The number of amides is 1. The summed E-state index contributed by atoms with van der Waals surface area (Å²) in [5.41, 5.74) is 13.8. The van der Waals surface area contributed by atoms with Crippen LogP contribution in [-0.2, 0) is 0 Å². The molecule has 0 atom stereocenters. The quantitative estimate of drug-likeness (QED) is 0.469. The molecule has 5 N–H and O–H groups in total. The largest absolute Gasteiger partial charge is 0.497 e. The Balaban J connectivity index is 1.69. The number of hydrogen-bond donors (Lipinski definition) is 4. The van der Waals surface area contributed by atoms with E-state index in [1.165, 1.54) is 6.33 Å². The van der Waals surface area contributed by atoms with Crippen molar-refractivity contribution in [2.45, 2.75) is 6.92 Å². The zero-order chi connectivity index (χ0) is 20.1. The molecule has 8 nitrogen and oxygen atoms in total. The Kier molecular flexibility index (Phi) is 5.81. The summed E-state index contributed by atoms with van der Waals surface area (Å²) >= 11 is 6.14. The van der Waals surface area contributed by atoms with E-state index in [-0.39, 0.29) is 17.4 Å². The summed E-state index contributed by atoms with van der Waals surface area (Å²) in [6.07, 6.45) is 1.33. The van der Waals surface area contributed by atoms with E-state index in [9.17, 15) is 4.79 Å². The third-order valence-electron chi connectivity index (χ3n) is 3.97. The van der Waals surface area contributed by atoms with Crippen molar-refractivity contribution in [1.82, 2.24) is 15.4 Å². The number of carbonyl (C=O) groups excluding carboxylic acids is 1. The van der Waals surface area contributed by atoms with Crippen molar-refractivity contribution >= 4 is 40.5 Å². The minimum absolute atomic E-state index is 0.245. The highest BCUT2D eigenvalue weighted by atomic mass is 35.5. The molecule has 3 aromatic rings. The van der Waals surface area contributed by atoms with Crippen molar-refractivity contribution in [3.63, 3.8) is 0 Å². The molecule has 2 aromatic carbocycles. The highest BCUT2D eigenvalue weighted by Crippen LogP contribution is 2.27. The van der Waals surface area contributed by atoms with Crippen LogP contribution in [0.4, 0.5) is 23.0 Å². The number of rotatable bonds is 6. The molecule has 0 bridgehead atoms. The Morgan fingerprint density at radius 1 is 1.11 bits per heavy atom. The standard InChI is InChI=1S/C19H19ClN6O2/c1-11-3-6-13(9-15(11)20)24-17-16(21)18(23-10-22-17)25-26-19(27)12-4-7-14(28-2)8-5-12/h3-10H,21H2,1-2H3,(H,26,27)(H2,22,23,24,25). The Labute approximate surface area is 167 Å². The number of hydrogen-bond acceptors (Lipinski definition) is 7. The van der Waals surface area contributed by atoms with Crippen LogP contribution < -0.4 is 26.6 Å². The lowest BCUT2D eigenvalue weighted by molar-refractivity contribution is 0.0962. The van der Waals surface area contributed by atoms with Gasteiger partial charge in [0.15, 0.2) is 11.6 Å². The third-order valence-corrected chi connectivity index (χ3v) is 4.37. The maximum absolute atomic E-state index is 12.2. The number of benzene rings is 2. The number of anilines is 4. The molecule has 1 aromatic heterocycles. The number of aryl methyl sites for hydroxylation is 1. The molecule has 9 heteroatoms. The van der Waals surface area contributed by atoms with Crippen molar-refractivity contribution in [1.29, 1.82) is 0 Å². The monoisotopic (exact) mass is 398 g/mol. The first-order chi connectivity index (χ1) is 13.5. The van der Waals surface area contributed by atoms with Gasteiger partial charge < -0.3 is 15.8 Å². The van der Waals surface area contributed by atoms with Gasteiger partial charge in [-0.15, -0.1) is 0 Å². The highest BCUT2D eigenvalue weighted by Gasteiger charge is 2.11. The second-order valence-electron chi connectivity index (χ2n) is 5.88. The van der Waals surface area contributed by atoms with Crippen molar-refractivity contribution in [3.8, 4) is 5.75 Å². The first kappa shape index (κ1) is 19.2. The molecule has 0 aliphatic heterocycles. The van der Waals surface area contributed by atoms with Crippen LogP contribution in [0, 0.1) is 6.92 Å². The summed E-state index contributed by atoms with van der Waals surface area (Å²) in [7, 11) is 1.56. The van der Waals surface area contributed by atoms with E-state index < -0.39 is 0 Å². The van der Waals surface area contributed by atoms with Crippen LogP contribution >= 0.6 is 11.6 Å². The predicted octanol–water partition coefficient (Wildman–Crippen LogP) is 3.53. The van der Waals surface area contributed by atoms with Crippen molar-refractivity contribution in [2.75, 3.05) is 23.6 Å². The van der Waals surface area contributed by atoms with Gasteiger partial charge >= 0.3 is 0 Å². The number of aromatic nitrogens is 2. The summed E-state index contributed by atoms with van der Waals surface area (Å²) in [5, 5.41) is 3.71. The van der Waals surface area contributed by atoms with E-state index in [1.807, 2.05) is 19.1 Å². The Hall–Kier alpha value is -3.52.